The van der Waals surface area contributed by atoms with Gasteiger partial charge in [-0.2, -0.15) is 13.2 Å². The fourth-order valence-electron chi connectivity index (χ4n) is 4.84. The zero-order chi connectivity index (χ0) is 31.7. The molecule has 3 amide bonds. The molecule has 0 saturated carbocycles. The number of rotatable bonds is 13. The van der Waals surface area contributed by atoms with E-state index in [1.165, 1.54) is 39.5 Å². The van der Waals surface area contributed by atoms with Crippen molar-refractivity contribution in [1.29, 1.82) is 0 Å². The molecule has 9 nitrogen and oxygen atoms in total. The SMILES string of the molecule is COCCN(CC(=O)N(CCc1c[nH]c2ccccc12)Cc1ccc(OC)c(OC)c1)C(=O)Nc1ccccc1C(F)(F)F. The van der Waals surface area contributed by atoms with Crippen LogP contribution in [-0.2, 0) is 28.7 Å². The number of hydrogen-bond donors (Lipinski definition) is 2. The lowest BCUT2D eigenvalue weighted by molar-refractivity contribution is -0.137. The topological polar surface area (TPSA) is 96.1 Å². The van der Waals surface area contributed by atoms with Crippen LogP contribution in [0.4, 0.5) is 23.7 Å². The molecule has 234 valence electrons. The highest BCUT2D eigenvalue weighted by molar-refractivity contribution is 5.93. The number of nitrogens with one attached hydrogen (secondary N) is 2. The van der Waals surface area contributed by atoms with Crippen LogP contribution in [0.25, 0.3) is 10.9 Å². The van der Waals surface area contributed by atoms with Gasteiger partial charge in [-0.3, -0.25) is 4.79 Å². The summed E-state index contributed by atoms with van der Waals surface area (Å²) in [5.41, 5.74) is 1.37. The third kappa shape index (κ3) is 8.01. The number of fused-ring (bicyclic) bond motifs is 1. The minimum Gasteiger partial charge on any atom is -0.493 e. The largest absolute Gasteiger partial charge is 0.493 e. The number of aromatic amines is 1. The highest BCUT2D eigenvalue weighted by Gasteiger charge is 2.34. The molecular formula is C32H35F3N4O5. The highest BCUT2D eigenvalue weighted by Crippen LogP contribution is 2.34. The van der Waals surface area contributed by atoms with E-state index in [9.17, 15) is 22.8 Å². The lowest BCUT2D eigenvalue weighted by Crippen LogP contribution is -2.46. The number of halogens is 3. The second-order valence-corrected chi connectivity index (χ2v) is 10.0. The van der Waals surface area contributed by atoms with Crippen molar-refractivity contribution in [2.24, 2.45) is 0 Å². The fraction of sp³-hybridized carbons (Fsp3) is 0.312. The molecule has 4 rings (SSSR count). The fourth-order valence-corrected chi connectivity index (χ4v) is 4.84. The molecule has 12 heteroatoms. The van der Waals surface area contributed by atoms with Gasteiger partial charge in [0.25, 0.3) is 0 Å². The molecule has 0 atom stereocenters. The van der Waals surface area contributed by atoms with Crippen molar-refractivity contribution in [2.45, 2.75) is 19.1 Å². The van der Waals surface area contributed by atoms with Crippen LogP contribution in [0.15, 0.2) is 72.9 Å². The summed E-state index contributed by atoms with van der Waals surface area (Å²) in [6.45, 7) is 0.177. The maximum absolute atomic E-state index is 13.8. The molecule has 2 N–H and O–H groups in total. The predicted molar refractivity (Wildman–Crippen MR) is 161 cm³/mol. The second kappa shape index (κ2) is 14.6. The Morgan fingerprint density at radius 2 is 1.61 bits per heavy atom. The van der Waals surface area contributed by atoms with Gasteiger partial charge in [0, 0.05) is 43.8 Å². The van der Waals surface area contributed by atoms with E-state index in [2.05, 4.69) is 10.3 Å². The monoisotopic (exact) mass is 612 g/mol. The summed E-state index contributed by atoms with van der Waals surface area (Å²) in [4.78, 5) is 33.1. The number of carbonyl (C=O) groups is 2. The first-order valence-corrected chi connectivity index (χ1v) is 13.9. The zero-order valence-corrected chi connectivity index (χ0v) is 24.7. The van der Waals surface area contributed by atoms with Crippen LogP contribution in [-0.4, -0.2) is 74.3 Å². The Morgan fingerprint density at radius 3 is 2.34 bits per heavy atom. The van der Waals surface area contributed by atoms with Gasteiger partial charge in [-0.1, -0.05) is 36.4 Å². The number of methoxy groups -OCH3 is 3. The molecule has 1 aromatic heterocycles. The van der Waals surface area contributed by atoms with Gasteiger partial charge in [0.15, 0.2) is 11.5 Å². The van der Waals surface area contributed by atoms with E-state index in [-0.39, 0.29) is 26.2 Å². The second-order valence-electron chi connectivity index (χ2n) is 10.0. The molecule has 1 heterocycles. The number of para-hydroxylation sites is 2. The molecule has 0 saturated heterocycles. The highest BCUT2D eigenvalue weighted by atomic mass is 19.4. The number of anilines is 1. The van der Waals surface area contributed by atoms with Crippen molar-refractivity contribution in [3.05, 3.63) is 89.6 Å². The van der Waals surface area contributed by atoms with Crippen LogP contribution in [0.1, 0.15) is 16.7 Å². The molecule has 0 aliphatic carbocycles. The number of nitrogens with zero attached hydrogens (tertiary/aromatic N) is 2. The number of amides is 3. The molecule has 0 unspecified atom stereocenters. The van der Waals surface area contributed by atoms with Gasteiger partial charge in [-0.15, -0.1) is 0 Å². The van der Waals surface area contributed by atoms with Gasteiger partial charge in [0.2, 0.25) is 5.91 Å². The van der Waals surface area contributed by atoms with E-state index < -0.39 is 29.4 Å². The smallest absolute Gasteiger partial charge is 0.418 e. The van der Waals surface area contributed by atoms with Gasteiger partial charge >= 0.3 is 12.2 Å². The first-order valence-electron chi connectivity index (χ1n) is 13.9. The van der Waals surface area contributed by atoms with Crippen LogP contribution in [0.5, 0.6) is 11.5 Å². The molecule has 44 heavy (non-hydrogen) atoms. The average Bonchev–Trinajstić information content (AvgIpc) is 3.43. The van der Waals surface area contributed by atoms with Crippen molar-refractivity contribution in [2.75, 3.05) is 52.9 Å². The Labute approximate surface area is 253 Å². The summed E-state index contributed by atoms with van der Waals surface area (Å²) in [6, 6.07) is 17.0. The Morgan fingerprint density at radius 1 is 0.886 bits per heavy atom. The summed E-state index contributed by atoms with van der Waals surface area (Å²) >= 11 is 0. The molecule has 0 spiro atoms. The summed E-state index contributed by atoms with van der Waals surface area (Å²) in [5, 5.41) is 3.37. The normalized spacial score (nSPS) is 11.3. The Bertz CT molecular complexity index is 1570. The summed E-state index contributed by atoms with van der Waals surface area (Å²) in [7, 11) is 4.48. The van der Waals surface area contributed by atoms with Crippen LogP contribution < -0.4 is 14.8 Å². The lowest BCUT2D eigenvalue weighted by Gasteiger charge is -2.28. The maximum Gasteiger partial charge on any atom is 0.418 e. The first kappa shape index (κ1) is 32.2. The van der Waals surface area contributed by atoms with Crippen molar-refractivity contribution in [3.8, 4) is 11.5 Å². The van der Waals surface area contributed by atoms with Crippen molar-refractivity contribution in [3.63, 3.8) is 0 Å². The minimum absolute atomic E-state index is 0.0189. The molecule has 0 bridgehead atoms. The van der Waals surface area contributed by atoms with Crippen LogP contribution >= 0.6 is 0 Å². The van der Waals surface area contributed by atoms with Gasteiger partial charge in [0.1, 0.15) is 6.54 Å². The number of alkyl halides is 3. The zero-order valence-electron chi connectivity index (χ0n) is 24.7. The Hall–Kier alpha value is -4.71. The van der Waals surface area contributed by atoms with Gasteiger partial charge in [-0.05, 0) is 47.9 Å². The number of urea groups is 1. The van der Waals surface area contributed by atoms with Crippen LogP contribution in [0.2, 0.25) is 0 Å². The molecule has 3 aromatic carbocycles. The average molecular weight is 613 g/mol. The van der Waals surface area contributed by atoms with Crippen molar-refractivity contribution in [1.82, 2.24) is 14.8 Å². The molecule has 0 radical (unpaired) electrons. The summed E-state index contributed by atoms with van der Waals surface area (Å²) in [5.74, 6) is 0.642. The van der Waals surface area contributed by atoms with E-state index >= 15 is 0 Å². The third-order valence-electron chi connectivity index (χ3n) is 7.15. The molecule has 0 aliphatic rings. The summed E-state index contributed by atoms with van der Waals surface area (Å²) < 4.78 is 56.6. The van der Waals surface area contributed by atoms with Crippen molar-refractivity contribution >= 4 is 28.5 Å². The minimum atomic E-state index is -4.67. The van der Waals surface area contributed by atoms with Crippen molar-refractivity contribution < 1.29 is 37.0 Å². The third-order valence-corrected chi connectivity index (χ3v) is 7.15. The Balaban J connectivity index is 1.57. The Kier molecular flexibility index (Phi) is 10.7. The first-order chi connectivity index (χ1) is 21.1. The van der Waals surface area contributed by atoms with Crippen LogP contribution in [0, 0.1) is 0 Å². The number of benzene rings is 3. The quantitative estimate of drug-likeness (QED) is 0.194. The lowest BCUT2D eigenvalue weighted by atomic mass is 10.1. The number of aromatic nitrogens is 1. The van der Waals surface area contributed by atoms with Gasteiger partial charge in [-0.25, -0.2) is 4.79 Å². The molecule has 0 aliphatic heterocycles. The van der Waals surface area contributed by atoms with E-state index in [1.54, 1.807) is 17.0 Å². The van der Waals surface area contributed by atoms with E-state index in [1.807, 2.05) is 36.5 Å². The number of hydrogen-bond acceptors (Lipinski definition) is 5. The van der Waals surface area contributed by atoms with Crippen LogP contribution in [0.3, 0.4) is 0 Å². The van der Waals surface area contributed by atoms with E-state index in [4.69, 9.17) is 14.2 Å². The summed E-state index contributed by atoms with van der Waals surface area (Å²) in [6.07, 6.45) is -2.25. The van der Waals surface area contributed by atoms with Gasteiger partial charge < -0.3 is 34.3 Å². The maximum atomic E-state index is 13.8. The van der Waals surface area contributed by atoms with E-state index in [0.717, 1.165) is 33.0 Å². The van der Waals surface area contributed by atoms with E-state index in [0.29, 0.717) is 24.5 Å². The predicted octanol–water partition coefficient (Wildman–Crippen LogP) is 5.96. The number of H-pyrrole nitrogens is 1. The number of ether oxygens (including phenoxy) is 3. The standard InChI is InChI=1S/C32H35F3N4O5/c1-42-17-16-39(31(41)37-27-11-7-5-9-25(27)32(33,34)35)21-30(40)38(20-22-12-13-28(43-2)29(18-22)44-3)15-14-23-19-36-26-10-6-4-8-24(23)26/h4-13,18-19,36H,14-17,20-21H2,1-3H3,(H,37,41). The van der Waals surface area contributed by atoms with Gasteiger partial charge in [0.05, 0.1) is 32.1 Å². The molecule has 0 fully saturated rings. The molecule has 4 aromatic rings. The number of carbonyl (C=O) groups excluding carboxylic acids is 2. The molecular weight excluding hydrogens is 577 g/mol.